The standard InChI is InChI=1S/C13H19N3O/c1-10(14)13(17)15-11-6-2-3-7-12(11)16-8-4-5-9-16/h2-3,6-7,10H,4-5,8-9,14H2,1H3,(H,15,17)/t10-/m0/s1. The summed E-state index contributed by atoms with van der Waals surface area (Å²) in [4.78, 5) is 13.9. The summed E-state index contributed by atoms with van der Waals surface area (Å²) in [7, 11) is 0. The monoisotopic (exact) mass is 233 g/mol. The van der Waals surface area contributed by atoms with Crippen LogP contribution in [0.2, 0.25) is 0 Å². The van der Waals surface area contributed by atoms with Gasteiger partial charge in [-0.3, -0.25) is 4.79 Å². The predicted molar refractivity (Wildman–Crippen MR) is 70.2 cm³/mol. The van der Waals surface area contributed by atoms with Crippen molar-refractivity contribution in [2.45, 2.75) is 25.8 Å². The first-order valence-electron chi connectivity index (χ1n) is 6.09. The third-order valence-electron chi connectivity index (χ3n) is 3.02. The van der Waals surface area contributed by atoms with Crippen LogP contribution in [-0.2, 0) is 4.79 Å². The minimum Gasteiger partial charge on any atom is -0.370 e. The third kappa shape index (κ3) is 2.77. The molecular formula is C13H19N3O. The highest BCUT2D eigenvalue weighted by Gasteiger charge is 2.17. The number of nitrogens with two attached hydrogens (primary N) is 1. The predicted octanol–water partition coefficient (Wildman–Crippen LogP) is 1.57. The molecule has 0 radical (unpaired) electrons. The second-order valence-corrected chi connectivity index (χ2v) is 4.49. The highest BCUT2D eigenvalue weighted by atomic mass is 16.2. The minimum atomic E-state index is -0.485. The van der Waals surface area contributed by atoms with E-state index in [0.717, 1.165) is 24.5 Å². The maximum Gasteiger partial charge on any atom is 0.241 e. The molecule has 92 valence electrons. The molecule has 0 spiro atoms. The van der Waals surface area contributed by atoms with Gasteiger partial charge in [-0.15, -0.1) is 0 Å². The molecule has 17 heavy (non-hydrogen) atoms. The van der Waals surface area contributed by atoms with Crippen molar-refractivity contribution in [3.05, 3.63) is 24.3 Å². The summed E-state index contributed by atoms with van der Waals surface area (Å²) in [5, 5.41) is 2.88. The summed E-state index contributed by atoms with van der Waals surface area (Å²) in [6.07, 6.45) is 2.44. The molecule has 1 atom stereocenters. The van der Waals surface area contributed by atoms with Gasteiger partial charge < -0.3 is 16.0 Å². The van der Waals surface area contributed by atoms with Crippen LogP contribution in [0.15, 0.2) is 24.3 Å². The number of hydrogen-bond donors (Lipinski definition) is 2. The molecule has 4 nitrogen and oxygen atoms in total. The van der Waals surface area contributed by atoms with Crippen LogP contribution in [0.5, 0.6) is 0 Å². The zero-order valence-corrected chi connectivity index (χ0v) is 10.1. The van der Waals surface area contributed by atoms with Crippen molar-refractivity contribution in [1.82, 2.24) is 0 Å². The van der Waals surface area contributed by atoms with Gasteiger partial charge in [0.05, 0.1) is 17.4 Å². The van der Waals surface area contributed by atoms with Gasteiger partial charge in [-0.25, -0.2) is 0 Å². The van der Waals surface area contributed by atoms with E-state index in [1.165, 1.54) is 12.8 Å². The van der Waals surface area contributed by atoms with Crippen LogP contribution >= 0.6 is 0 Å². The van der Waals surface area contributed by atoms with Crippen molar-refractivity contribution in [1.29, 1.82) is 0 Å². The smallest absolute Gasteiger partial charge is 0.241 e. The summed E-state index contributed by atoms with van der Waals surface area (Å²) in [5.41, 5.74) is 7.52. The van der Waals surface area contributed by atoms with Crippen LogP contribution in [-0.4, -0.2) is 25.0 Å². The maximum absolute atomic E-state index is 11.6. The first kappa shape index (κ1) is 11.9. The number of rotatable bonds is 3. The van der Waals surface area contributed by atoms with Crippen LogP contribution in [0.25, 0.3) is 0 Å². The van der Waals surface area contributed by atoms with Crippen molar-refractivity contribution in [3.63, 3.8) is 0 Å². The Kier molecular flexibility index (Phi) is 3.64. The molecule has 0 bridgehead atoms. The van der Waals surface area contributed by atoms with Crippen LogP contribution < -0.4 is 16.0 Å². The molecule has 1 aliphatic rings. The van der Waals surface area contributed by atoms with Crippen LogP contribution in [0.3, 0.4) is 0 Å². The molecule has 0 aliphatic carbocycles. The fourth-order valence-electron chi connectivity index (χ4n) is 2.06. The van der Waals surface area contributed by atoms with E-state index in [-0.39, 0.29) is 5.91 Å². The number of hydrogen-bond acceptors (Lipinski definition) is 3. The van der Waals surface area contributed by atoms with Gasteiger partial charge in [-0.1, -0.05) is 12.1 Å². The van der Waals surface area contributed by atoms with E-state index in [4.69, 9.17) is 5.73 Å². The van der Waals surface area contributed by atoms with Crippen molar-refractivity contribution in [3.8, 4) is 0 Å². The molecule has 0 unspecified atom stereocenters. The van der Waals surface area contributed by atoms with Gasteiger partial charge in [-0.2, -0.15) is 0 Å². The van der Waals surface area contributed by atoms with Crippen molar-refractivity contribution >= 4 is 17.3 Å². The molecule has 0 saturated carbocycles. The van der Waals surface area contributed by atoms with E-state index in [1.807, 2.05) is 24.3 Å². The molecule has 1 aliphatic heterocycles. The molecule has 1 aromatic carbocycles. The van der Waals surface area contributed by atoms with Gasteiger partial charge >= 0.3 is 0 Å². The van der Waals surface area contributed by atoms with E-state index in [2.05, 4.69) is 10.2 Å². The Bertz CT molecular complexity index is 397. The largest absolute Gasteiger partial charge is 0.370 e. The third-order valence-corrected chi connectivity index (χ3v) is 3.02. The Morgan fingerprint density at radius 2 is 2.00 bits per heavy atom. The Morgan fingerprint density at radius 3 is 2.65 bits per heavy atom. The molecule has 1 saturated heterocycles. The normalized spacial score (nSPS) is 16.9. The molecule has 4 heteroatoms. The highest BCUT2D eigenvalue weighted by Crippen LogP contribution is 2.28. The fourth-order valence-corrected chi connectivity index (χ4v) is 2.06. The van der Waals surface area contributed by atoms with Crippen LogP contribution in [0.4, 0.5) is 11.4 Å². The number of para-hydroxylation sites is 2. The molecular weight excluding hydrogens is 214 g/mol. The lowest BCUT2D eigenvalue weighted by atomic mass is 10.2. The number of benzene rings is 1. The Hall–Kier alpha value is -1.55. The second kappa shape index (κ2) is 5.19. The first-order chi connectivity index (χ1) is 8.18. The topological polar surface area (TPSA) is 58.4 Å². The average molecular weight is 233 g/mol. The van der Waals surface area contributed by atoms with E-state index >= 15 is 0 Å². The molecule has 3 N–H and O–H groups in total. The molecule has 2 rings (SSSR count). The number of nitrogens with one attached hydrogen (secondary N) is 1. The average Bonchev–Trinajstić information content (AvgIpc) is 2.83. The zero-order chi connectivity index (χ0) is 12.3. The van der Waals surface area contributed by atoms with Crippen LogP contribution in [0, 0.1) is 0 Å². The van der Waals surface area contributed by atoms with E-state index < -0.39 is 6.04 Å². The summed E-state index contributed by atoms with van der Waals surface area (Å²) >= 11 is 0. The summed E-state index contributed by atoms with van der Waals surface area (Å²) in [6.45, 7) is 3.81. The molecule has 1 heterocycles. The highest BCUT2D eigenvalue weighted by molar-refractivity contribution is 5.97. The number of amides is 1. The van der Waals surface area contributed by atoms with Gasteiger partial charge in [0.25, 0.3) is 0 Å². The first-order valence-corrected chi connectivity index (χ1v) is 6.09. The molecule has 0 aromatic heterocycles. The molecule has 1 aromatic rings. The van der Waals surface area contributed by atoms with E-state index in [1.54, 1.807) is 6.92 Å². The summed E-state index contributed by atoms with van der Waals surface area (Å²) in [5.74, 6) is -0.142. The van der Waals surface area contributed by atoms with Gasteiger partial charge in [-0.05, 0) is 31.9 Å². The lowest BCUT2D eigenvalue weighted by Crippen LogP contribution is -2.33. The number of anilines is 2. The van der Waals surface area contributed by atoms with Gasteiger partial charge in [0.15, 0.2) is 0 Å². The van der Waals surface area contributed by atoms with E-state index in [0.29, 0.717) is 0 Å². The van der Waals surface area contributed by atoms with Crippen LogP contribution in [0.1, 0.15) is 19.8 Å². The van der Waals surface area contributed by atoms with Crippen molar-refractivity contribution < 1.29 is 4.79 Å². The zero-order valence-electron chi connectivity index (χ0n) is 10.1. The minimum absolute atomic E-state index is 0.142. The lowest BCUT2D eigenvalue weighted by Gasteiger charge is -2.21. The number of nitrogens with zero attached hydrogens (tertiary/aromatic N) is 1. The summed E-state index contributed by atoms with van der Waals surface area (Å²) in [6, 6.07) is 7.41. The fraction of sp³-hybridized carbons (Fsp3) is 0.462. The Morgan fingerprint density at radius 1 is 1.35 bits per heavy atom. The van der Waals surface area contributed by atoms with Crippen molar-refractivity contribution in [2.24, 2.45) is 5.73 Å². The van der Waals surface area contributed by atoms with E-state index in [9.17, 15) is 4.79 Å². The molecule has 1 amide bonds. The Balaban J connectivity index is 2.18. The lowest BCUT2D eigenvalue weighted by molar-refractivity contribution is -0.117. The quantitative estimate of drug-likeness (QED) is 0.833. The van der Waals surface area contributed by atoms with Gasteiger partial charge in [0.1, 0.15) is 0 Å². The van der Waals surface area contributed by atoms with Gasteiger partial charge in [0, 0.05) is 13.1 Å². The second-order valence-electron chi connectivity index (χ2n) is 4.49. The SMILES string of the molecule is C[C@H](N)C(=O)Nc1ccccc1N1CCCC1. The van der Waals surface area contributed by atoms with Crippen molar-refractivity contribution in [2.75, 3.05) is 23.3 Å². The maximum atomic E-state index is 11.6. The Labute approximate surface area is 102 Å². The van der Waals surface area contributed by atoms with Gasteiger partial charge in [0.2, 0.25) is 5.91 Å². The summed E-state index contributed by atoms with van der Waals surface area (Å²) < 4.78 is 0. The number of carbonyl (C=O) groups excluding carboxylic acids is 1. The number of carbonyl (C=O) groups is 1. The molecule has 1 fully saturated rings.